The second-order valence-corrected chi connectivity index (χ2v) is 8.43. The van der Waals surface area contributed by atoms with E-state index in [9.17, 15) is 22.8 Å². The van der Waals surface area contributed by atoms with Crippen LogP contribution in [0, 0.1) is 11.3 Å². The molecule has 200 valence electrons. The first-order valence-corrected chi connectivity index (χ1v) is 11.6. The van der Waals surface area contributed by atoms with Crippen LogP contribution < -0.4 is 20.3 Å². The summed E-state index contributed by atoms with van der Waals surface area (Å²) in [6.45, 7) is 1.33. The summed E-state index contributed by atoms with van der Waals surface area (Å²) in [4.78, 5) is 25.5. The van der Waals surface area contributed by atoms with Crippen LogP contribution in [-0.2, 0) is 13.1 Å². The van der Waals surface area contributed by atoms with Crippen LogP contribution >= 0.6 is 0 Å². The van der Waals surface area contributed by atoms with Gasteiger partial charge in [-0.2, -0.15) is 23.5 Å². The largest absolute Gasteiger partial charge is 0.495 e. The van der Waals surface area contributed by atoms with Gasteiger partial charge < -0.3 is 20.3 Å². The molecule has 0 saturated heterocycles. The van der Waals surface area contributed by atoms with E-state index in [2.05, 4.69) is 21.8 Å². The van der Waals surface area contributed by atoms with E-state index in [4.69, 9.17) is 10.00 Å². The maximum Gasteiger partial charge on any atom is 0.401 e. The average Bonchev–Trinajstić information content (AvgIpc) is 3.32. The lowest BCUT2D eigenvalue weighted by Gasteiger charge is -2.34. The van der Waals surface area contributed by atoms with E-state index in [0.717, 1.165) is 5.69 Å². The number of carbonyl (C=O) groups excluding carboxylic acids is 2. The van der Waals surface area contributed by atoms with Crippen molar-refractivity contribution >= 4 is 23.6 Å². The number of aldehydes is 1. The summed E-state index contributed by atoms with van der Waals surface area (Å²) in [5, 5.41) is 18.0. The van der Waals surface area contributed by atoms with Crippen LogP contribution in [0.25, 0.3) is 0 Å². The number of alkyl halides is 3. The van der Waals surface area contributed by atoms with Crippen LogP contribution in [0.2, 0.25) is 0 Å². The Bertz CT molecular complexity index is 1320. The predicted octanol–water partition coefficient (Wildman–Crippen LogP) is 4.00. The number of nitrogens with zero attached hydrogens (tertiary/aromatic N) is 4. The van der Waals surface area contributed by atoms with E-state index < -0.39 is 12.7 Å². The monoisotopic (exact) mass is 528 g/mol. The first-order valence-electron chi connectivity index (χ1n) is 11.6. The molecule has 0 spiro atoms. The highest BCUT2D eigenvalue weighted by Crippen LogP contribution is 2.26. The average molecular weight is 529 g/mol. The molecule has 12 heteroatoms. The lowest BCUT2D eigenvalue weighted by atomic mass is 10.1. The fourth-order valence-electron chi connectivity index (χ4n) is 3.95. The molecule has 0 saturated carbocycles. The van der Waals surface area contributed by atoms with Gasteiger partial charge in [0.1, 0.15) is 17.5 Å². The molecule has 1 aromatic heterocycles. The number of carbonyl (C=O) groups is 2. The standard InChI is InChI=1S/C17H17F3N4O2.C9H10N2O/c1-11-8-23-15(13(9-25)7-22-23)16(26)24(11)14-4-2-12(3-5-14)6-21-10-17(18,19)20;1-11-8-3-4-9(12-2)7(5-8)6-10/h2-5,7,9,11,21H,6,8,10H2,1H3;3-5,11H,1-2H3/t11-;/m0./s1. The van der Waals surface area contributed by atoms with Crippen LogP contribution in [-0.4, -0.2) is 54.9 Å². The Labute approximate surface area is 217 Å². The van der Waals surface area contributed by atoms with Crippen LogP contribution in [0.15, 0.2) is 48.7 Å². The number of fused-ring (bicyclic) bond motifs is 1. The number of aromatic nitrogens is 2. The topological polar surface area (TPSA) is 112 Å². The second kappa shape index (κ2) is 12.2. The van der Waals surface area contributed by atoms with Gasteiger partial charge in [-0.3, -0.25) is 14.3 Å². The molecule has 4 rings (SSSR count). The van der Waals surface area contributed by atoms with Crippen molar-refractivity contribution in [1.29, 1.82) is 5.26 Å². The van der Waals surface area contributed by atoms with Crippen molar-refractivity contribution < 1.29 is 27.5 Å². The maximum absolute atomic E-state index is 12.8. The molecule has 1 aliphatic rings. The molecule has 38 heavy (non-hydrogen) atoms. The summed E-state index contributed by atoms with van der Waals surface area (Å²) >= 11 is 0. The molecule has 0 radical (unpaired) electrons. The fraction of sp³-hybridized carbons (Fsp3) is 0.308. The van der Waals surface area contributed by atoms with Crippen molar-refractivity contribution in [3.8, 4) is 11.8 Å². The quantitative estimate of drug-likeness (QED) is 0.446. The van der Waals surface area contributed by atoms with Crippen molar-refractivity contribution in [3.63, 3.8) is 0 Å². The van der Waals surface area contributed by atoms with E-state index in [-0.39, 0.29) is 29.8 Å². The number of anilines is 2. The highest BCUT2D eigenvalue weighted by Gasteiger charge is 2.34. The molecular formula is C26H27F3N6O3. The number of amides is 1. The van der Waals surface area contributed by atoms with Crippen LogP contribution in [0.5, 0.6) is 5.75 Å². The second-order valence-electron chi connectivity index (χ2n) is 8.43. The third-order valence-electron chi connectivity index (χ3n) is 5.77. The Hall–Kier alpha value is -4.37. The third-order valence-corrected chi connectivity index (χ3v) is 5.77. The number of rotatable bonds is 7. The number of hydrogen-bond acceptors (Lipinski definition) is 7. The Kier molecular flexibility index (Phi) is 9.09. The first kappa shape index (κ1) is 28.2. The summed E-state index contributed by atoms with van der Waals surface area (Å²) in [6.07, 6.45) is -2.29. The van der Waals surface area contributed by atoms with E-state index in [0.29, 0.717) is 35.4 Å². The van der Waals surface area contributed by atoms with Gasteiger partial charge in [-0.15, -0.1) is 0 Å². The van der Waals surface area contributed by atoms with E-state index in [1.54, 1.807) is 48.4 Å². The molecule has 2 N–H and O–H groups in total. The van der Waals surface area contributed by atoms with E-state index in [1.165, 1.54) is 10.9 Å². The smallest absolute Gasteiger partial charge is 0.401 e. The number of halogens is 3. The summed E-state index contributed by atoms with van der Waals surface area (Å²) < 4.78 is 43.0. The van der Waals surface area contributed by atoms with Gasteiger partial charge >= 0.3 is 6.18 Å². The summed E-state index contributed by atoms with van der Waals surface area (Å²) in [6, 6.07) is 14.0. The highest BCUT2D eigenvalue weighted by atomic mass is 19.4. The normalized spacial score (nSPS) is 14.6. The maximum atomic E-state index is 12.8. The van der Waals surface area contributed by atoms with Gasteiger partial charge in [0.05, 0.1) is 43.6 Å². The van der Waals surface area contributed by atoms with Crippen molar-refractivity contribution in [2.75, 3.05) is 30.9 Å². The SMILES string of the molecule is CNc1ccc(OC)c(C#N)c1.C[C@H]1Cn2ncc(C=O)c2C(=O)N1c1ccc(CNCC(F)(F)F)cc1. The molecule has 2 aromatic carbocycles. The number of hydrogen-bond donors (Lipinski definition) is 2. The van der Waals surface area contributed by atoms with Crippen molar-refractivity contribution in [3.05, 3.63) is 71.0 Å². The van der Waals surface area contributed by atoms with Gasteiger partial charge in [0, 0.05) is 25.0 Å². The Morgan fingerprint density at radius 1 is 1.24 bits per heavy atom. The Morgan fingerprint density at radius 3 is 2.53 bits per heavy atom. The highest BCUT2D eigenvalue weighted by molar-refractivity contribution is 6.10. The van der Waals surface area contributed by atoms with Gasteiger partial charge in [-0.05, 0) is 42.8 Å². The summed E-state index contributed by atoms with van der Waals surface area (Å²) in [5.41, 5.74) is 3.23. The zero-order chi connectivity index (χ0) is 27.9. The number of nitrogens with one attached hydrogen (secondary N) is 2. The number of ether oxygens (including phenoxy) is 1. The van der Waals surface area contributed by atoms with Crippen molar-refractivity contribution in [2.24, 2.45) is 0 Å². The number of nitriles is 1. The molecule has 1 atom stereocenters. The van der Waals surface area contributed by atoms with Gasteiger partial charge in [-0.25, -0.2) is 0 Å². The lowest BCUT2D eigenvalue weighted by molar-refractivity contribution is -0.125. The van der Waals surface area contributed by atoms with Crippen molar-refractivity contribution in [2.45, 2.75) is 32.2 Å². The minimum Gasteiger partial charge on any atom is -0.495 e. The molecule has 0 unspecified atom stereocenters. The van der Waals surface area contributed by atoms with Crippen LogP contribution in [0.3, 0.4) is 0 Å². The number of benzene rings is 2. The molecule has 1 amide bonds. The molecule has 2 heterocycles. The van der Waals surface area contributed by atoms with Gasteiger partial charge in [0.2, 0.25) is 0 Å². The Morgan fingerprint density at radius 2 is 1.95 bits per heavy atom. The van der Waals surface area contributed by atoms with Gasteiger partial charge in [-0.1, -0.05) is 12.1 Å². The predicted molar refractivity (Wildman–Crippen MR) is 135 cm³/mol. The number of methoxy groups -OCH3 is 1. The molecule has 9 nitrogen and oxygen atoms in total. The fourth-order valence-corrected chi connectivity index (χ4v) is 3.95. The summed E-state index contributed by atoms with van der Waals surface area (Å²) in [7, 11) is 3.36. The van der Waals surface area contributed by atoms with Crippen LogP contribution in [0.4, 0.5) is 24.5 Å². The molecule has 0 bridgehead atoms. The van der Waals surface area contributed by atoms with Crippen LogP contribution in [0.1, 0.15) is 38.9 Å². The minimum absolute atomic E-state index is 0.0748. The summed E-state index contributed by atoms with van der Waals surface area (Å²) in [5.74, 6) is 0.280. The first-order chi connectivity index (χ1) is 18.1. The van der Waals surface area contributed by atoms with E-state index in [1.807, 2.05) is 20.0 Å². The zero-order valence-corrected chi connectivity index (χ0v) is 21.0. The molecular weight excluding hydrogens is 501 g/mol. The van der Waals surface area contributed by atoms with Gasteiger partial charge in [0.25, 0.3) is 5.91 Å². The minimum atomic E-state index is -4.26. The van der Waals surface area contributed by atoms with Gasteiger partial charge in [0.15, 0.2) is 6.29 Å². The molecule has 0 aliphatic carbocycles. The third kappa shape index (κ3) is 6.68. The molecule has 3 aromatic rings. The lowest BCUT2D eigenvalue weighted by Crippen LogP contribution is -2.47. The van der Waals surface area contributed by atoms with Crippen molar-refractivity contribution in [1.82, 2.24) is 15.1 Å². The molecule has 0 fully saturated rings. The zero-order valence-electron chi connectivity index (χ0n) is 21.0. The molecule has 1 aliphatic heterocycles. The van der Waals surface area contributed by atoms with E-state index >= 15 is 0 Å². The Balaban J connectivity index is 0.000000279.